The molecule has 1 heterocycles. The van der Waals surface area contributed by atoms with Gasteiger partial charge in [-0.1, -0.05) is 11.6 Å². The summed E-state index contributed by atoms with van der Waals surface area (Å²) in [5.74, 6) is 0. The lowest BCUT2D eigenvalue weighted by Gasteiger charge is -2.03. The zero-order valence-electron chi connectivity index (χ0n) is 7.24. The summed E-state index contributed by atoms with van der Waals surface area (Å²) in [4.78, 5) is 0. The molecule has 0 bridgehead atoms. The molecule has 0 saturated heterocycles. The van der Waals surface area contributed by atoms with Crippen LogP contribution in [0, 0.1) is 6.92 Å². The van der Waals surface area contributed by atoms with Crippen LogP contribution in [0.25, 0.3) is 5.69 Å². The molecule has 0 amide bonds. The molecule has 0 spiro atoms. The van der Waals surface area contributed by atoms with E-state index in [1.807, 2.05) is 37.4 Å². The van der Waals surface area contributed by atoms with Crippen LogP contribution in [0.1, 0.15) is 5.56 Å². The number of nitrogens with zero attached hydrogens (tertiary/aromatic N) is 2. The average molecular weight is 193 g/mol. The Morgan fingerprint density at radius 2 is 2.15 bits per heavy atom. The number of hydrogen-bond donors (Lipinski definition) is 0. The molecule has 0 saturated carbocycles. The standard InChI is InChI=1S/C10H9ClN2/c1-8-5-9(11)7-10(6-8)13-4-2-3-12-13/h2-7H,1H3. The van der Waals surface area contributed by atoms with Crippen molar-refractivity contribution in [3.05, 3.63) is 47.2 Å². The van der Waals surface area contributed by atoms with Crippen molar-refractivity contribution in [3.63, 3.8) is 0 Å². The topological polar surface area (TPSA) is 17.8 Å². The molecule has 0 aliphatic rings. The molecular weight excluding hydrogens is 184 g/mol. The second kappa shape index (κ2) is 3.23. The van der Waals surface area contributed by atoms with Gasteiger partial charge in [0.1, 0.15) is 0 Å². The van der Waals surface area contributed by atoms with Crippen molar-refractivity contribution in [2.24, 2.45) is 0 Å². The minimum Gasteiger partial charge on any atom is -0.241 e. The van der Waals surface area contributed by atoms with Gasteiger partial charge in [-0.2, -0.15) is 5.10 Å². The largest absolute Gasteiger partial charge is 0.241 e. The monoisotopic (exact) mass is 192 g/mol. The minimum atomic E-state index is 0.741. The molecule has 2 nitrogen and oxygen atoms in total. The molecule has 0 N–H and O–H groups in total. The number of hydrogen-bond acceptors (Lipinski definition) is 1. The maximum absolute atomic E-state index is 5.93. The van der Waals surface area contributed by atoms with E-state index >= 15 is 0 Å². The highest BCUT2D eigenvalue weighted by Crippen LogP contribution is 2.16. The highest BCUT2D eigenvalue weighted by Gasteiger charge is 1.98. The van der Waals surface area contributed by atoms with Crippen LogP contribution in [-0.2, 0) is 0 Å². The lowest BCUT2D eigenvalue weighted by atomic mass is 10.2. The van der Waals surface area contributed by atoms with Crippen molar-refractivity contribution in [2.75, 3.05) is 0 Å². The molecular formula is C10H9ClN2. The zero-order chi connectivity index (χ0) is 9.26. The molecule has 2 aromatic rings. The van der Waals surface area contributed by atoms with Crippen molar-refractivity contribution < 1.29 is 0 Å². The van der Waals surface area contributed by atoms with Crippen LogP contribution in [0.15, 0.2) is 36.7 Å². The predicted octanol–water partition coefficient (Wildman–Crippen LogP) is 2.83. The number of aryl methyl sites for hydroxylation is 1. The fourth-order valence-corrected chi connectivity index (χ4v) is 1.55. The van der Waals surface area contributed by atoms with Gasteiger partial charge in [0.2, 0.25) is 0 Å². The van der Waals surface area contributed by atoms with Crippen molar-refractivity contribution in [1.82, 2.24) is 9.78 Å². The third-order valence-corrected chi connectivity index (χ3v) is 2.01. The molecule has 0 aliphatic heterocycles. The summed E-state index contributed by atoms with van der Waals surface area (Å²) in [7, 11) is 0. The summed E-state index contributed by atoms with van der Waals surface area (Å²) in [6.45, 7) is 2.01. The summed E-state index contributed by atoms with van der Waals surface area (Å²) < 4.78 is 1.79. The van der Waals surface area contributed by atoms with Crippen LogP contribution in [-0.4, -0.2) is 9.78 Å². The van der Waals surface area contributed by atoms with Crippen molar-refractivity contribution >= 4 is 11.6 Å². The lowest BCUT2D eigenvalue weighted by molar-refractivity contribution is 0.879. The van der Waals surface area contributed by atoms with E-state index in [4.69, 9.17) is 11.6 Å². The van der Waals surface area contributed by atoms with E-state index in [2.05, 4.69) is 5.10 Å². The van der Waals surface area contributed by atoms with Gasteiger partial charge in [0.25, 0.3) is 0 Å². The maximum Gasteiger partial charge on any atom is 0.0663 e. The predicted molar refractivity (Wildman–Crippen MR) is 53.3 cm³/mol. The molecule has 66 valence electrons. The molecule has 0 unspecified atom stereocenters. The van der Waals surface area contributed by atoms with E-state index < -0.39 is 0 Å². The van der Waals surface area contributed by atoms with Crippen LogP contribution in [0.5, 0.6) is 0 Å². The highest BCUT2D eigenvalue weighted by molar-refractivity contribution is 6.30. The summed E-state index contributed by atoms with van der Waals surface area (Å²) in [5, 5.41) is 4.87. The van der Waals surface area contributed by atoms with Crippen LogP contribution >= 0.6 is 11.6 Å². The molecule has 0 radical (unpaired) electrons. The Balaban J connectivity index is 2.53. The van der Waals surface area contributed by atoms with Gasteiger partial charge in [0.15, 0.2) is 0 Å². The Morgan fingerprint density at radius 3 is 2.77 bits per heavy atom. The first kappa shape index (κ1) is 8.32. The minimum absolute atomic E-state index is 0.741. The van der Waals surface area contributed by atoms with Gasteiger partial charge in [-0.3, -0.25) is 0 Å². The van der Waals surface area contributed by atoms with Crippen molar-refractivity contribution in [2.45, 2.75) is 6.92 Å². The Hall–Kier alpha value is -1.28. The Bertz CT molecular complexity index is 387. The van der Waals surface area contributed by atoms with E-state index in [-0.39, 0.29) is 0 Å². The molecule has 2 rings (SSSR count). The Kier molecular flexibility index (Phi) is 2.07. The van der Waals surface area contributed by atoms with Crippen LogP contribution in [0.3, 0.4) is 0 Å². The smallest absolute Gasteiger partial charge is 0.0663 e. The number of benzene rings is 1. The van der Waals surface area contributed by atoms with Crippen LogP contribution < -0.4 is 0 Å². The normalized spacial score (nSPS) is 10.3. The molecule has 0 aliphatic carbocycles. The zero-order valence-corrected chi connectivity index (χ0v) is 7.99. The molecule has 1 aromatic heterocycles. The lowest BCUT2D eigenvalue weighted by Crippen LogP contribution is -1.94. The Labute approximate surface area is 81.8 Å². The summed E-state index contributed by atoms with van der Waals surface area (Å²) >= 11 is 5.93. The third kappa shape index (κ3) is 1.73. The number of aromatic nitrogens is 2. The van der Waals surface area contributed by atoms with Crippen LogP contribution in [0.2, 0.25) is 5.02 Å². The van der Waals surface area contributed by atoms with Gasteiger partial charge in [-0.05, 0) is 36.8 Å². The fraction of sp³-hybridized carbons (Fsp3) is 0.100. The third-order valence-electron chi connectivity index (χ3n) is 1.80. The molecule has 3 heteroatoms. The average Bonchev–Trinajstić information content (AvgIpc) is 2.53. The van der Waals surface area contributed by atoms with E-state index in [0.717, 1.165) is 16.3 Å². The van der Waals surface area contributed by atoms with E-state index in [0.29, 0.717) is 0 Å². The van der Waals surface area contributed by atoms with Crippen molar-refractivity contribution in [3.8, 4) is 5.69 Å². The molecule has 0 atom stereocenters. The van der Waals surface area contributed by atoms with E-state index in [9.17, 15) is 0 Å². The number of rotatable bonds is 1. The maximum atomic E-state index is 5.93. The van der Waals surface area contributed by atoms with Crippen LogP contribution in [0.4, 0.5) is 0 Å². The van der Waals surface area contributed by atoms with Gasteiger partial charge in [0, 0.05) is 17.4 Å². The Morgan fingerprint density at radius 1 is 1.31 bits per heavy atom. The second-order valence-electron chi connectivity index (χ2n) is 2.94. The summed E-state index contributed by atoms with van der Waals surface area (Å²) in [6.07, 6.45) is 3.64. The molecule has 13 heavy (non-hydrogen) atoms. The molecule has 0 fully saturated rings. The van der Waals surface area contributed by atoms with E-state index in [1.165, 1.54) is 0 Å². The second-order valence-corrected chi connectivity index (χ2v) is 3.37. The van der Waals surface area contributed by atoms with Crippen molar-refractivity contribution in [1.29, 1.82) is 0 Å². The van der Waals surface area contributed by atoms with Gasteiger partial charge < -0.3 is 0 Å². The first-order chi connectivity index (χ1) is 6.25. The van der Waals surface area contributed by atoms with Gasteiger partial charge in [-0.15, -0.1) is 0 Å². The fourth-order valence-electron chi connectivity index (χ4n) is 1.27. The van der Waals surface area contributed by atoms with E-state index in [1.54, 1.807) is 10.9 Å². The number of halogens is 1. The van der Waals surface area contributed by atoms with Gasteiger partial charge in [-0.25, -0.2) is 4.68 Å². The van der Waals surface area contributed by atoms with Gasteiger partial charge in [0.05, 0.1) is 5.69 Å². The highest BCUT2D eigenvalue weighted by atomic mass is 35.5. The first-order valence-corrected chi connectivity index (χ1v) is 4.41. The first-order valence-electron chi connectivity index (χ1n) is 4.03. The summed E-state index contributed by atoms with van der Waals surface area (Å²) in [6, 6.07) is 7.74. The quantitative estimate of drug-likeness (QED) is 0.680. The molecule has 1 aromatic carbocycles. The van der Waals surface area contributed by atoms with Gasteiger partial charge >= 0.3 is 0 Å². The SMILES string of the molecule is Cc1cc(Cl)cc(-n2cccn2)c1. The summed E-state index contributed by atoms with van der Waals surface area (Å²) in [5.41, 5.74) is 2.13.